The number of amides is 2. The number of nitrogens with one attached hydrogen (secondary N) is 2. The van der Waals surface area contributed by atoms with Crippen LogP contribution in [0, 0.1) is 12.7 Å². The Labute approximate surface area is 137 Å². The van der Waals surface area contributed by atoms with Crippen LogP contribution in [-0.2, 0) is 4.79 Å². The molecule has 0 saturated heterocycles. The maximum Gasteiger partial charge on any atom is 0.276 e. The van der Waals surface area contributed by atoms with Gasteiger partial charge in [0.2, 0.25) is 0 Å². The standard InChI is InChI=1S/C16H14ClFN2O3/c1-10-3-2-4-12(7-10)23-9-15(21)19-20-16(22)13-6-5-11(18)8-14(13)17/h2-8H,9H2,1H3,(H,19,21)(H,20,22). The second-order valence-electron chi connectivity index (χ2n) is 4.73. The quantitative estimate of drug-likeness (QED) is 0.843. The molecule has 2 N–H and O–H groups in total. The maximum absolute atomic E-state index is 12.9. The van der Waals surface area contributed by atoms with E-state index in [0.717, 1.165) is 17.7 Å². The molecular formula is C16H14ClFN2O3. The number of halogens is 2. The third-order valence-electron chi connectivity index (χ3n) is 2.85. The molecule has 0 atom stereocenters. The SMILES string of the molecule is Cc1cccc(OCC(=O)NNC(=O)c2ccc(F)cc2Cl)c1. The molecule has 0 unspecified atom stereocenters. The summed E-state index contributed by atoms with van der Waals surface area (Å²) in [7, 11) is 0. The number of carbonyl (C=O) groups excluding carboxylic acids is 2. The predicted molar refractivity (Wildman–Crippen MR) is 83.7 cm³/mol. The van der Waals surface area contributed by atoms with E-state index in [4.69, 9.17) is 16.3 Å². The smallest absolute Gasteiger partial charge is 0.276 e. The molecule has 2 rings (SSSR count). The summed E-state index contributed by atoms with van der Waals surface area (Å²) in [6.07, 6.45) is 0. The summed E-state index contributed by atoms with van der Waals surface area (Å²) in [5, 5.41) is -0.0484. The summed E-state index contributed by atoms with van der Waals surface area (Å²) in [6, 6.07) is 10.5. The maximum atomic E-state index is 12.9. The fraction of sp³-hybridized carbons (Fsp3) is 0.125. The van der Waals surface area contributed by atoms with Crippen LogP contribution >= 0.6 is 11.6 Å². The summed E-state index contributed by atoms with van der Waals surface area (Å²) >= 11 is 5.76. The summed E-state index contributed by atoms with van der Waals surface area (Å²) in [5.74, 6) is -1.20. The van der Waals surface area contributed by atoms with Crippen LogP contribution in [0.15, 0.2) is 42.5 Å². The van der Waals surface area contributed by atoms with Gasteiger partial charge >= 0.3 is 0 Å². The van der Waals surface area contributed by atoms with E-state index in [-0.39, 0.29) is 17.2 Å². The van der Waals surface area contributed by atoms with Gasteiger partial charge in [0.25, 0.3) is 11.8 Å². The molecule has 0 saturated carbocycles. The number of ether oxygens (including phenoxy) is 1. The third kappa shape index (κ3) is 4.96. The Kier molecular flexibility index (Phi) is 5.54. The number of hydrazine groups is 1. The second-order valence-corrected chi connectivity index (χ2v) is 5.14. The molecule has 23 heavy (non-hydrogen) atoms. The van der Waals surface area contributed by atoms with Crippen LogP contribution in [0.3, 0.4) is 0 Å². The minimum atomic E-state index is -0.654. The Hall–Kier alpha value is -2.60. The lowest BCUT2D eigenvalue weighted by Crippen LogP contribution is -2.43. The van der Waals surface area contributed by atoms with Crippen LogP contribution in [-0.4, -0.2) is 18.4 Å². The zero-order chi connectivity index (χ0) is 16.8. The Balaban J connectivity index is 1.83. The normalized spacial score (nSPS) is 10.0. The lowest BCUT2D eigenvalue weighted by molar-refractivity contribution is -0.123. The van der Waals surface area contributed by atoms with E-state index < -0.39 is 17.6 Å². The molecule has 0 heterocycles. The Morgan fingerprint density at radius 2 is 1.96 bits per heavy atom. The molecular weight excluding hydrogens is 323 g/mol. The van der Waals surface area contributed by atoms with Crippen molar-refractivity contribution in [3.63, 3.8) is 0 Å². The minimum Gasteiger partial charge on any atom is -0.484 e. The van der Waals surface area contributed by atoms with Gasteiger partial charge in [0.15, 0.2) is 6.61 Å². The first kappa shape index (κ1) is 16.8. The first-order valence-corrected chi connectivity index (χ1v) is 7.07. The van der Waals surface area contributed by atoms with Crippen LogP contribution in [0.5, 0.6) is 5.75 Å². The Bertz CT molecular complexity index is 737. The number of hydrogen-bond donors (Lipinski definition) is 2. The number of benzene rings is 2. The van der Waals surface area contributed by atoms with Crippen molar-refractivity contribution in [1.29, 1.82) is 0 Å². The number of aryl methyl sites for hydroxylation is 1. The summed E-state index contributed by atoms with van der Waals surface area (Å²) in [6.45, 7) is 1.64. The van der Waals surface area contributed by atoms with Crippen molar-refractivity contribution < 1.29 is 18.7 Å². The van der Waals surface area contributed by atoms with Gasteiger partial charge < -0.3 is 4.74 Å². The number of hydrogen-bond acceptors (Lipinski definition) is 3. The van der Waals surface area contributed by atoms with Gasteiger partial charge in [-0.3, -0.25) is 20.4 Å². The fourth-order valence-corrected chi connectivity index (χ4v) is 2.01. The highest BCUT2D eigenvalue weighted by Crippen LogP contribution is 2.16. The van der Waals surface area contributed by atoms with Gasteiger partial charge in [-0.05, 0) is 42.8 Å². The molecule has 2 aromatic rings. The molecule has 2 aromatic carbocycles. The molecule has 0 aromatic heterocycles. The molecule has 5 nitrogen and oxygen atoms in total. The average molecular weight is 337 g/mol. The van der Waals surface area contributed by atoms with Crippen LogP contribution in [0.4, 0.5) is 4.39 Å². The number of carbonyl (C=O) groups is 2. The third-order valence-corrected chi connectivity index (χ3v) is 3.16. The molecule has 7 heteroatoms. The van der Waals surface area contributed by atoms with Crippen molar-refractivity contribution in [2.45, 2.75) is 6.92 Å². The molecule has 0 aliphatic heterocycles. The second kappa shape index (κ2) is 7.60. The Morgan fingerprint density at radius 1 is 1.17 bits per heavy atom. The predicted octanol–water partition coefficient (Wildman–Crippen LogP) is 2.63. The van der Waals surface area contributed by atoms with Crippen molar-refractivity contribution >= 4 is 23.4 Å². The highest BCUT2D eigenvalue weighted by molar-refractivity contribution is 6.33. The minimum absolute atomic E-state index is 0.0484. The zero-order valence-electron chi connectivity index (χ0n) is 12.2. The summed E-state index contributed by atoms with van der Waals surface area (Å²) < 4.78 is 18.2. The van der Waals surface area contributed by atoms with Gasteiger partial charge in [0.05, 0.1) is 10.6 Å². The monoisotopic (exact) mass is 336 g/mol. The lowest BCUT2D eigenvalue weighted by Gasteiger charge is -2.10. The molecule has 0 aliphatic rings. The molecule has 0 spiro atoms. The van der Waals surface area contributed by atoms with E-state index in [1.54, 1.807) is 18.2 Å². The first-order valence-electron chi connectivity index (χ1n) is 6.69. The van der Waals surface area contributed by atoms with E-state index >= 15 is 0 Å². The van der Waals surface area contributed by atoms with Crippen molar-refractivity contribution in [3.05, 3.63) is 64.4 Å². The van der Waals surface area contributed by atoms with E-state index in [9.17, 15) is 14.0 Å². The molecule has 0 aliphatic carbocycles. The average Bonchev–Trinajstić information content (AvgIpc) is 2.50. The summed E-state index contributed by atoms with van der Waals surface area (Å²) in [4.78, 5) is 23.5. The Morgan fingerprint density at radius 3 is 2.65 bits per heavy atom. The molecule has 2 amide bonds. The molecule has 120 valence electrons. The topological polar surface area (TPSA) is 67.4 Å². The van der Waals surface area contributed by atoms with Crippen molar-refractivity contribution in [3.8, 4) is 5.75 Å². The van der Waals surface area contributed by atoms with Gasteiger partial charge in [-0.1, -0.05) is 23.7 Å². The van der Waals surface area contributed by atoms with Crippen molar-refractivity contribution in [2.24, 2.45) is 0 Å². The van der Waals surface area contributed by atoms with Crippen molar-refractivity contribution in [2.75, 3.05) is 6.61 Å². The van der Waals surface area contributed by atoms with E-state index in [1.165, 1.54) is 6.07 Å². The van der Waals surface area contributed by atoms with Crippen LogP contribution in [0.2, 0.25) is 5.02 Å². The zero-order valence-corrected chi connectivity index (χ0v) is 13.0. The van der Waals surface area contributed by atoms with Gasteiger partial charge in [0.1, 0.15) is 11.6 Å². The molecule has 0 fully saturated rings. The van der Waals surface area contributed by atoms with Crippen LogP contribution in [0.1, 0.15) is 15.9 Å². The fourth-order valence-electron chi connectivity index (χ4n) is 1.76. The summed E-state index contributed by atoms with van der Waals surface area (Å²) in [5.41, 5.74) is 5.42. The van der Waals surface area contributed by atoms with Crippen LogP contribution < -0.4 is 15.6 Å². The number of rotatable bonds is 4. The largest absolute Gasteiger partial charge is 0.484 e. The molecule has 0 bridgehead atoms. The van der Waals surface area contributed by atoms with E-state index in [0.29, 0.717) is 5.75 Å². The first-order chi connectivity index (χ1) is 11.0. The van der Waals surface area contributed by atoms with E-state index in [2.05, 4.69) is 10.9 Å². The highest BCUT2D eigenvalue weighted by atomic mass is 35.5. The van der Waals surface area contributed by atoms with Crippen molar-refractivity contribution in [1.82, 2.24) is 10.9 Å². The molecule has 0 radical (unpaired) electrons. The highest BCUT2D eigenvalue weighted by Gasteiger charge is 2.12. The van der Waals surface area contributed by atoms with Gasteiger partial charge in [-0.2, -0.15) is 0 Å². The van der Waals surface area contributed by atoms with Gasteiger partial charge in [-0.25, -0.2) is 4.39 Å². The van der Waals surface area contributed by atoms with Gasteiger partial charge in [0, 0.05) is 0 Å². The van der Waals surface area contributed by atoms with Gasteiger partial charge in [-0.15, -0.1) is 0 Å². The van der Waals surface area contributed by atoms with Crippen LogP contribution in [0.25, 0.3) is 0 Å². The lowest BCUT2D eigenvalue weighted by atomic mass is 10.2. The van der Waals surface area contributed by atoms with E-state index in [1.807, 2.05) is 13.0 Å².